The van der Waals surface area contributed by atoms with Gasteiger partial charge in [-0.05, 0) is 36.4 Å². The van der Waals surface area contributed by atoms with Crippen LogP contribution in [0.4, 0.5) is 4.39 Å². The highest BCUT2D eigenvalue weighted by atomic mass is 32.2. The first kappa shape index (κ1) is 25.3. The predicted octanol–water partition coefficient (Wildman–Crippen LogP) is 3.66. The Morgan fingerprint density at radius 2 is 1.74 bits per heavy atom. The van der Waals surface area contributed by atoms with E-state index < -0.39 is 24.3 Å². The summed E-state index contributed by atoms with van der Waals surface area (Å²) in [6, 6.07) is 22.8. The number of para-hydroxylation sites is 3. The molecular formula is C27H23FN4O5S. The largest absolute Gasteiger partial charge is 0.486 e. The van der Waals surface area contributed by atoms with E-state index in [2.05, 4.69) is 15.5 Å². The number of nitrogens with one attached hydrogen (secondary N) is 1. The molecule has 2 heterocycles. The lowest BCUT2D eigenvalue weighted by atomic mass is 10.2. The van der Waals surface area contributed by atoms with Crippen molar-refractivity contribution < 1.29 is 28.2 Å². The van der Waals surface area contributed by atoms with Crippen molar-refractivity contribution in [2.45, 2.75) is 11.3 Å². The molecule has 0 spiro atoms. The van der Waals surface area contributed by atoms with Crippen molar-refractivity contribution in [2.75, 3.05) is 25.5 Å². The smallest absolute Gasteiger partial charge is 0.316 e. The molecule has 38 heavy (non-hydrogen) atoms. The molecule has 0 bridgehead atoms. The van der Waals surface area contributed by atoms with Gasteiger partial charge in [-0.15, -0.1) is 10.2 Å². The molecule has 1 aliphatic heterocycles. The van der Waals surface area contributed by atoms with Gasteiger partial charge in [-0.2, -0.15) is 0 Å². The van der Waals surface area contributed by atoms with Crippen LogP contribution in [0.15, 0.2) is 84.0 Å². The van der Waals surface area contributed by atoms with E-state index in [9.17, 15) is 14.0 Å². The Hall–Kier alpha value is -4.38. The third kappa shape index (κ3) is 5.94. The average Bonchev–Trinajstić information content (AvgIpc) is 3.38. The summed E-state index contributed by atoms with van der Waals surface area (Å²) >= 11 is 1.08. The van der Waals surface area contributed by atoms with Crippen LogP contribution in [0.25, 0.3) is 17.1 Å². The highest BCUT2D eigenvalue weighted by molar-refractivity contribution is 7.99. The topological polar surface area (TPSA) is 105 Å². The number of carbonyl (C=O) groups is 2. The van der Waals surface area contributed by atoms with Crippen molar-refractivity contribution in [1.82, 2.24) is 20.1 Å². The Labute approximate surface area is 221 Å². The van der Waals surface area contributed by atoms with Crippen molar-refractivity contribution in [3.05, 3.63) is 84.7 Å². The highest BCUT2D eigenvalue weighted by Gasteiger charge is 2.22. The number of nitrogens with zero attached hydrogens (tertiary/aromatic N) is 3. The second-order valence-corrected chi connectivity index (χ2v) is 9.15. The van der Waals surface area contributed by atoms with E-state index in [1.807, 2.05) is 48.5 Å². The van der Waals surface area contributed by atoms with Gasteiger partial charge < -0.3 is 19.5 Å². The Kier molecular flexibility index (Phi) is 7.84. The van der Waals surface area contributed by atoms with Gasteiger partial charge in [-0.25, -0.2) is 4.39 Å². The summed E-state index contributed by atoms with van der Waals surface area (Å²) in [4.78, 5) is 24.5. The quantitative estimate of drug-likeness (QED) is 0.256. The van der Waals surface area contributed by atoms with Crippen molar-refractivity contribution in [3.63, 3.8) is 0 Å². The zero-order valence-corrected chi connectivity index (χ0v) is 20.9. The van der Waals surface area contributed by atoms with E-state index >= 15 is 0 Å². The zero-order chi connectivity index (χ0) is 26.3. The van der Waals surface area contributed by atoms with Crippen LogP contribution < -0.4 is 14.8 Å². The number of halogens is 1. The molecule has 9 nitrogen and oxygen atoms in total. The second-order valence-electron chi connectivity index (χ2n) is 8.21. The van der Waals surface area contributed by atoms with Crippen LogP contribution >= 0.6 is 11.8 Å². The van der Waals surface area contributed by atoms with E-state index in [1.165, 1.54) is 6.07 Å². The summed E-state index contributed by atoms with van der Waals surface area (Å²) in [6.45, 7) is 0.0680. The molecule has 1 aromatic heterocycles. The first-order valence-electron chi connectivity index (χ1n) is 11.8. The van der Waals surface area contributed by atoms with Crippen molar-refractivity contribution in [2.24, 2.45) is 0 Å². The lowest BCUT2D eigenvalue weighted by molar-refractivity contribution is -0.146. The van der Waals surface area contributed by atoms with E-state index in [0.717, 1.165) is 11.8 Å². The standard InChI is InChI=1S/C27H23FN4O5S/c28-21-11-5-4-10-20(21)26-30-31-27(32(26)18-8-2-1-3-9-18)38-17-25(34)36-16-24(33)29-14-19-15-35-22-12-6-7-13-23(22)37-19/h1-13,19H,14-17H2,(H,29,33). The molecule has 194 valence electrons. The minimum absolute atomic E-state index is 0.119. The Morgan fingerprint density at radius 3 is 2.55 bits per heavy atom. The summed E-state index contributed by atoms with van der Waals surface area (Å²) in [7, 11) is 0. The normalized spacial score (nSPS) is 14.1. The van der Waals surface area contributed by atoms with Crippen molar-refractivity contribution in [1.29, 1.82) is 0 Å². The van der Waals surface area contributed by atoms with E-state index in [0.29, 0.717) is 34.8 Å². The maximum absolute atomic E-state index is 14.5. The summed E-state index contributed by atoms with van der Waals surface area (Å²) < 4.78 is 32.7. The number of fused-ring (bicyclic) bond motifs is 1. The van der Waals surface area contributed by atoms with E-state index in [1.54, 1.807) is 28.8 Å². The lowest BCUT2D eigenvalue weighted by Gasteiger charge is -2.26. The zero-order valence-electron chi connectivity index (χ0n) is 20.1. The van der Waals surface area contributed by atoms with E-state index in [-0.39, 0.29) is 24.0 Å². The summed E-state index contributed by atoms with van der Waals surface area (Å²) in [5, 5.41) is 11.4. The van der Waals surface area contributed by atoms with Crippen LogP contribution in [-0.2, 0) is 14.3 Å². The molecule has 1 N–H and O–H groups in total. The van der Waals surface area contributed by atoms with Gasteiger partial charge in [0.05, 0.1) is 17.9 Å². The molecular weight excluding hydrogens is 511 g/mol. The molecule has 11 heteroatoms. The Balaban J connectivity index is 1.15. The third-order valence-electron chi connectivity index (χ3n) is 5.54. The molecule has 1 amide bonds. The number of rotatable bonds is 9. The van der Waals surface area contributed by atoms with Crippen LogP contribution in [0, 0.1) is 5.82 Å². The van der Waals surface area contributed by atoms with Gasteiger partial charge in [-0.1, -0.05) is 54.2 Å². The molecule has 1 unspecified atom stereocenters. The van der Waals surface area contributed by atoms with Crippen LogP contribution in [0.3, 0.4) is 0 Å². The number of esters is 1. The first-order chi connectivity index (χ1) is 18.6. The van der Waals surface area contributed by atoms with Gasteiger partial charge in [0.1, 0.15) is 18.5 Å². The van der Waals surface area contributed by atoms with Crippen LogP contribution in [0.1, 0.15) is 0 Å². The number of aromatic nitrogens is 3. The molecule has 4 aromatic rings. The molecule has 1 atom stereocenters. The fraction of sp³-hybridized carbons (Fsp3) is 0.185. The predicted molar refractivity (Wildman–Crippen MR) is 138 cm³/mol. The number of hydrogen-bond donors (Lipinski definition) is 1. The maximum Gasteiger partial charge on any atom is 0.316 e. The molecule has 0 saturated carbocycles. The van der Waals surface area contributed by atoms with E-state index in [4.69, 9.17) is 14.2 Å². The van der Waals surface area contributed by atoms with Gasteiger partial charge in [0.25, 0.3) is 5.91 Å². The van der Waals surface area contributed by atoms with Gasteiger partial charge in [0.15, 0.2) is 29.1 Å². The number of ether oxygens (including phenoxy) is 3. The summed E-state index contributed by atoms with van der Waals surface area (Å²) in [6.07, 6.45) is -0.354. The Bertz CT molecular complexity index is 1430. The van der Waals surface area contributed by atoms with Crippen molar-refractivity contribution >= 4 is 23.6 Å². The number of benzene rings is 3. The molecule has 0 aliphatic carbocycles. The van der Waals surface area contributed by atoms with Crippen molar-refractivity contribution in [3.8, 4) is 28.6 Å². The van der Waals surface area contributed by atoms with Gasteiger partial charge in [0.2, 0.25) is 0 Å². The number of amides is 1. The molecule has 0 fully saturated rings. The summed E-state index contributed by atoms with van der Waals surface area (Å²) in [5.74, 6) is -0.0408. The minimum atomic E-state index is -0.605. The van der Waals surface area contributed by atoms with Crippen LogP contribution in [0.5, 0.6) is 11.5 Å². The molecule has 5 rings (SSSR count). The summed E-state index contributed by atoms with van der Waals surface area (Å²) in [5.41, 5.74) is 0.994. The number of hydrogen-bond acceptors (Lipinski definition) is 8. The minimum Gasteiger partial charge on any atom is -0.486 e. The van der Waals surface area contributed by atoms with Crippen LogP contribution in [0.2, 0.25) is 0 Å². The van der Waals surface area contributed by atoms with Gasteiger partial charge >= 0.3 is 5.97 Å². The van der Waals surface area contributed by atoms with Gasteiger partial charge in [-0.3, -0.25) is 14.2 Å². The third-order valence-corrected chi connectivity index (χ3v) is 6.44. The number of thioether (sulfide) groups is 1. The SMILES string of the molecule is O=C(COC(=O)CSc1nnc(-c2ccccc2F)n1-c1ccccc1)NCC1COc2ccccc2O1. The monoisotopic (exact) mass is 534 g/mol. The highest BCUT2D eigenvalue weighted by Crippen LogP contribution is 2.31. The number of carbonyl (C=O) groups excluding carboxylic acids is 2. The fourth-order valence-corrected chi connectivity index (χ4v) is 4.49. The Morgan fingerprint density at radius 1 is 1.00 bits per heavy atom. The van der Waals surface area contributed by atoms with Gasteiger partial charge in [0, 0.05) is 5.69 Å². The molecule has 3 aromatic carbocycles. The molecule has 0 radical (unpaired) electrons. The fourth-order valence-electron chi connectivity index (χ4n) is 3.74. The molecule has 0 saturated heterocycles. The maximum atomic E-state index is 14.5. The first-order valence-corrected chi connectivity index (χ1v) is 12.8. The second kappa shape index (κ2) is 11.8. The lowest BCUT2D eigenvalue weighted by Crippen LogP contribution is -2.42. The molecule has 1 aliphatic rings. The average molecular weight is 535 g/mol. The van der Waals surface area contributed by atoms with Crippen LogP contribution in [-0.4, -0.2) is 58.3 Å².